The molecule has 0 aliphatic carbocycles. The lowest BCUT2D eigenvalue weighted by molar-refractivity contribution is 0.0696. The normalized spacial score (nSPS) is 10.9. The molecule has 0 heterocycles. The molecule has 0 aliphatic rings. The lowest BCUT2D eigenvalue weighted by atomic mass is 9.84. The van der Waals surface area contributed by atoms with Gasteiger partial charge >= 0.3 is 5.97 Å². The maximum absolute atomic E-state index is 12.1. The monoisotopic (exact) mass is 366 g/mol. The van der Waals surface area contributed by atoms with Gasteiger partial charge < -0.3 is 5.11 Å². The van der Waals surface area contributed by atoms with Crippen molar-refractivity contribution in [1.82, 2.24) is 0 Å². The van der Waals surface area contributed by atoms with Crippen LogP contribution in [0.25, 0.3) is 33.0 Å². The molecule has 2 heteroatoms. The van der Waals surface area contributed by atoms with E-state index in [4.69, 9.17) is 0 Å². The predicted molar refractivity (Wildman–Crippen MR) is 116 cm³/mol. The van der Waals surface area contributed by atoms with E-state index < -0.39 is 5.97 Å². The summed E-state index contributed by atoms with van der Waals surface area (Å²) < 4.78 is 0. The summed E-state index contributed by atoms with van der Waals surface area (Å²) in [4.78, 5) is 12.1. The van der Waals surface area contributed by atoms with Gasteiger partial charge in [-0.15, -0.1) is 0 Å². The third-order valence-electron chi connectivity index (χ3n) is 5.15. The third kappa shape index (κ3) is 3.18. The smallest absolute Gasteiger partial charge is 0.336 e. The standard InChI is InChI=1S/C26H22O2/c1-2-10-22-23(26(27)28)17-20-15-9-16-21(18-11-5-3-6-12-18)25(20)24(22)19-13-7-4-8-14-19/h3-9,11-17H,2,10H2,1H3,(H,27,28). The summed E-state index contributed by atoms with van der Waals surface area (Å²) >= 11 is 0. The average molecular weight is 366 g/mol. The number of aromatic carboxylic acids is 1. The van der Waals surface area contributed by atoms with E-state index in [2.05, 4.69) is 37.3 Å². The predicted octanol–water partition coefficient (Wildman–Crippen LogP) is 6.82. The minimum Gasteiger partial charge on any atom is -0.478 e. The van der Waals surface area contributed by atoms with Crippen LogP contribution in [0.1, 0.15) is 29.3 Å². The number of hydrogen-bond donors (Lipinski definition) is 1. The Labute approximate surface area is 165 Å². The van der Waals surface area contributed by atoms with Gasteiger partial charge in [-0.05, 0) is 51.1 Å². The van der Waals surface area contributed by atoms with Crippen LogP contribution in [0, 0.1) is 0 Å². The van der Waals surface area contributed by atoms with Crippen molar-refractivity contribution >= 4 is 16.7 Å². The molecule has 0 aromatic heterocycles. The highest BCUT2D eigenvalue weighted by atomic mass is 16.4. The molecule has 0 spiro atoms. The minimum absolute atomic E-state index is 0.401. The van der Waals surface area contributed by atoms with Gasteiger partial charge in [0.1, 0.15) is 0 Å². The molecule has 0 bridgehead atoms. The molecule has 0 saturated heterocycles. The Hall–Kier alpha value is -3.39. The van der Waals surface area contributed by atoms with E-state index in [1.54, 1.807) is 0 Å². The number of carboxylic acid groups (broad SMARTS) is 1. The molecule has 1 N–H and O–H groups in total. The highest BCUT2D eigenvalue weighted by Crippen LogP contribution is 2.40. The summed E-state index contributed by atoms with van der Waals surface area (Å²) in [5, 5.41) is 12.0. The summed E-state index contributed by atoms with van der Waals surface area (Å²) in [6.07, 6.45) is 1.62. The van der Waals surface area contributed by atoms with Crippen molar-refractivity contribution < 1.29 is 9.90 Å². The van der Waals surface area contributed by atoms with Crippen LogP contribution >= 0.6 is 0 Å². The van der Waals surface area contributed by atoms with Gasteiger partial charge in [-0.1, -0.05) is 92.2 Å². The maximum Gasteiger partial charge on any atom is 0.336 e. The van der Waals surface area contributed by atoms with Crippen LogP contribution in [0.3, 0.4) is 0 Å². The zero-order chi connectivity index (χ0) is 19.5. The van der Waals surface area contributed by atoms with E-state index in [9.17, 15) is 9.90 Å². The summed E-state index contributed by atoms with van der Waals surface area (Å²) in [7, 11) is 0. The van der Waals surface area contributed by atoms with E-state index >= 15 is 0 Å². The van der Waals surface area contributed by atoms with Gasteiger partial charge in [0, 0.05) is 0 Å². The summed E-state index contributed by atoms with van der Waals surface area (Å²) in [5.74, 6) is -0.868. The van der Waals surface area contributed by atoms with Gasteiger partial charge in [-0.2, -0.15) is 0 Å². The van der Waals surface area contributed by atoms with Crippen molar-refractivity contribution in [3.63, 3.8) is 0 Å². The SMILES string of the molecule is CCCc1c(C(=O)O)cc2cccc(-c3ccccc3)c2c1-c1ccccc1. The summed E-state index contributed by atoms with van der Waals surface area (Å²) in [5.41, 5.74) is 5.68. The molecule has 4 aromatic rings. The van der Waals surface area contributed by atoms with Crippen molar-refractivity contribution in [2.45, 2.75) is 19.8 Å². The van der Waals surface area contributed by atoms with Gasteiger partial charge in [-0.25, -0.2) is 4.79 Å². The van der Waals surface area contributed by atoms with Crippen LogP contribution in [0.15, 0.2) is 84.9 Å². The first kappa shape index (κ1) is 18.0. The number of carbonyl (C=O) groups is 1. The first-order chi connectivity index (χ1) is 13.7. The van der Waals surface area contributed by atoms with Crippen molar-refractivity contribution in [3.8, 4) is 22.3 Å². The summed E-state index contributed by atoms with van der Waals surface area (Å²) in [6, 6.07) is 28.4. The van der Waals surface area contributed by atoms with Crippen molar-refractivity contribution in [2.24, 2.45) is 0 Å². The fourth-order valence-corrected chi connectivity index (χ4v) is 3.98. The largest absolute Gasteiger partial charge is 0.478 e. The zero-order valence-electron chi connectivity index (χ0n) is 15.9. The second kappa shape index (κ2) is 7.69. The van der Waals surface area contributed by atoms with E-state index in [0.717, 1.165) is 51.4 Å². The molecule has 0 radical (unpaired) electrons. The Kier molecular flexibility index (Phi) is 4.94. The van der Waals surface area contributed by atoms with Crippen LogP contribution in [-0.2, 0) is 6.42 Å². The van der Waals surface area contributed by atoms with Crippen LogP contribution in [0.5, 0.6) is 0 Å². The topological polar surface area (TPSA) is 37.3 Å². The highest BCUT2D eigenvalue weighted by molar-refractivity contribution is 6.11. The van der Waals surface area contributed by atoms with Gasteiger partial charge in [0.25, 0.3) is 0 Å². The first-order valence-electron chi connectivity index (χ1n) is 9.63. The number of benzene rings is 4. The molecule has 0 unspecified atom stereocenters. The minimum atomic E-state index is -0.868. The van der Waals surface area contributed by atoms with Crippen molar-refractivity contribution in [2.75, 3.05) is 0 Å². The van der Waals surface area contributed by atoms with Crippen LogP contribution < -0.4 is 0 Å². The number of hydrogen-bond acceptors (Lipinski definition) is 1. The number of rotatable bonds is 5. The number of fused-ring (bicyclic) bond motifs is 1. The molecule has 2 nitrogen and oxygen atoms in total. The Morgan fingerprint density at radius 1 is 0.821 bits per heavy atom. The van der Waals surface area contributed by atoms with Crippen LogP contribution in [0.2, 0.25) is 0 Å². The Bertz CT molecular complexity index is 1130. The fourth-order valence-electron chi connectivity index (χ4n) is 3.98. The zero-order valence-corrected chi connectivity index (χ0v) is 15.9. The molecule has 138 valence electrons. The number of carboxylic acids is 1. The fraction of sp³-hybridized carbons (Fsp3) is 0.115. The van der Waals surface area contributed by atoms with E-state index in [0.29, 0.717) is 5.56 Å². The molecule has 0 fully saturated rings. The second-order valence-corrected chi connectivity index (χ2v) is 6.97. The molecule has 28 heavy (non-hydrogen) atoms. The molecular formula is C26H22O2. The molecule has 0 aliphatic heterocycles. The lowest BCUT2D eigenvalue weighted by Gasteiger charge is -2.19. The maximum atomic E-state index is 12.1. The van der Waals surface area contributed by atoms with Crippen LogP contribution in [-0.4, -0.2) is 11.1 Å². The van der Waals surface area contributed by atoms with E-state index in [1.807, 2.05) is 54.6 Å². The molecule has 4 rings (SSSR count). The van der Waals surface area contributed by atoms with Gasteiger partial charge in [0.15, 0.2) is 0 Å². The molecule has 0 atom stereocenters. The Balaban J connectivity index is 2.19. The van der Waals surface area contributed by atoms with E-state index in [1.165, 1.54) is 0 Å². The molecule has 0 amide bonds. The average Bonchev–Trinajstić information content (AvgIpc) is 2.74. The highest BCUT2D eigenvalue weighted by Gasteiger charge is 2.20. The van der Waals surface area contributed by atoms with E-state index in [-0.39, 0.29) is 0 Å². The van der Waals surface area contributed by atoms with Gasteiger partial charge in [-0.3, -0.25) is 0 Å². The lowest BCUT2D eigenvalue weighted by Crippen LogP contribution is -2.06. The second-order valence-electron chi connectivity index (χ2n) is 6.97. The quantitative estimate of drug-likeness (QED) is 0.420. The van der Waals surface area contributed by atoms with Crippen LogP contribution in [0.4, 0.5) is 0 Å². The van der Waals surface area contributed by atoms with Crippen molar-refractivity contribution in [1.29, 1.82) is 0 Å². The first-order valence-corrected chi connectivity index (χ1v) is 9.63. The van der Waals surface area contributed by atoms with Crippen molar-refractivity contribution in [3.05, 3.63) is 96.1 Å². The summed E-state index contributed by atoms with van der Waals surface area (Å²) in [6.45, 7) is 2.09. The molecule has 4 aromatic carbocycles. The third-order valence-corrected chi connectivity index (χ3v) is 5.15. The van der Waals surface area contributed by atoms with Gasteiger partial charge in [0.2, 0.25) is 0 Å². The Morgan fingerprint density at radius 2 is 1.46 bits per heavy atom. The molecular weight excluding hydrogens is 344 g/mol. The Morgan fingerprint density at radius 3 is 2.07 bits per heavy atom. The van der Waals surface area contributed by atoms with Gasteiger partial charge in [0.05, 0.1) is 5.56 Å². The molecule has 0 saturated carbocycles.